The van der Waals surface area contributed by atoms with Crippen molar-refractivity contribution in [1.82, 2.24) is 10.2 Å². The summed E-state index contributed by atoms with van der Waals surface area (Å²) in [5, 5.41) is 3.48. The molecule has 0 spiro atoms. The first-order chi connectivity index (χ1) is 9.35. The maximum Gasteiger partial charge on any atom is 0.0707 e. The molecule has 2 saturated heterocycles. The number of nitrogens with one attached hydrogen (secondary N) is 1. The highest BCUT2D eigenvalue weighted by molar-refractivity contribution is 4.90. The molecule has 0 aromatic rings. The van der Waals surface area contributed by atoms with E-state index in [1.165, 1.54) is 58.2 Å². The fourth-order valence-electron chi connectivity index (χ4n) is 4.27. The van der Waals surface area contributed by atoms with Crippen molar-refractivity contribution in [3.8, 4) is 0 Å². The number of ether oxygens (including phenoxy) is 1. The van der Waals surface area contributed by atoms with Crippen molar-refractivity contribution in [3.63, 3.8) is 0 Å². The van der Waals surface area contributed by atoms with Gasteiger partial charge in [-0.15, -0.1) is 0 Å². The van der Waals surface area contributed by atoms with Crippen molar-refractivity contribution in [2.75, 3.05) is 32.7 Å². The van der Waals surface area contributed by atoms with E-state index in [9.17, 15) is 0 Å². The fourth-order valence-corrected chi connectivity index (χ4v) is 4.27. The maximum absolute atomic E-state index is 6.19. The summed E-state index contributed by atoms with van der Waals surface area (Å²) in [5.41, 5.74) is 0. The van der Waals surface area contributed by atoms with Crippen LogP contribution in [0.15, 0.2) is 0 Å². The molecule has 3 aliphatic rings. The number of hydrogen-bond donors (Lipinski definition) is 1. The Labute approximate surface area is 118 Å². The highest BCUT2D eigenvalue weighted by atomic mass is 16.5. The van der Waals surface area contributed by atoms with Crippen LogP contribution in [0.2, 0.25) is 0 Å². The summed E-state index contributed by atoms with van der Waals surface area (Å²) in [4.78, 5) is 2.68. The van der Waals surface area contributed by atoms with Crippen molar-refractivity contribution in [3.05, 3.63) is 0 Å². The smallest absolute Gasteiger partial charge is 0.0707 e. The van der Waals surface area contributed by atoms with Crippen LogP contribution in [-0.2, 0) is 4.74 Å². The first-order valence-electron chi connectivity index (χ1n) is 8.43. The van der Waals surface area contributed by atoms with Crippen LogP contribution in [0.5, 0.6) is 0 Å². The van der Waals surface area contributed by atoms with E-state index in [2.05, 4.69) is 17.1 Å². The number of nitrogens with zero attached hydrogens (tertiary/aromatic N) is 1. The molecule has 1 N–H and O–H groups in total. The summed E-state index contributed by atoms with van der Waals surface area (Å²) in [7, 11) is 0. The van der Waals surface area contributed by atoms with E-state index < -0.39 is 0 Å². The van der Waals surface area contributed by atoms with Crippen LogP contribution in [0.4, 0.5) is 0 Å². The van der Waals surface area contributed by atoms with E-state index >= 15 is 0 Å². The molecule has 4 atom stereocenters. The Balaban J connectivity index is 1.35. The summed E-state index contributed by atoms with van der Waals surface area (Å²) in [6.07, 6.45) is 9.16. The summed E-state index contributed by atoms with van der Waals surface area (Å²) >= 11 is 0. The molecular formula is C16H30N2O. The lowest BCUT2D eigenvalue weighted by molar-refractivity contribution is 0.0263. The van der Waals surface area contributed by atoms with E-state index in [0.29, 0.717) is 12.2 Å². The Kier molecular flexibility index (Phi) is 4.78. The van der Waals surface area contributed by atoms with Gasteiger partial charge < -0.3 is 15.0 Å². The second-order valence-electron chi connectivity index (χ2n) is 6.83. The molecule has 3 rings (SSSR count). The van der Waals surface area contributed by atoms with E-state index in [1.54, 1.807) is 0 Å². The molecule has 0 amide bonds. The Morgan fingerprint density at radius 2 is 1.79 bits per heavy atom. The van der Waals surface area contributed by atoms with Crippen molar-refractivity contribution in [2.24, 2.45) is 11.8 Å². The minimum atomic E-state index is 0.471. The lowest BCUT2D eigenvalue weighted by atomic mass is 10.0. The molecule has 110 valence electrons. The first-order valence-corrected chi connectivity index (χ1v) is 8.43. The van der Waals surface area contributed by atoms with Gasteiger partial charge >= 0.3 is 0 Å². The molecule has 0 aromatic heterocycles. The molecule has 0 aromatic carbocycles. The van der Waals surface area contributed by atoms with Crippen molar-refractivity contribution in [2.45, 2.75) is 57.7 Å². The Morgan fingerprint density at radius 3 is 2.53 bits per heavy atom. The summed E-state index contributed by atoms with van der Waals surface area (Å²) < 4.78 is 6.19. The predicted octanol–water partition coefficient (Wildman–Crippen LogP) is 2.27. The normalized spacial score (nSPS) is 39.0. The van der Waals surface area contributed by atoms with Gasteiger partial charge in [0, 0.05) is 26.2 Å². The monoisotopic (exact) mass is 266 g/mol. The minimum absolute atomic E-state index is 0.471. The quantitative estimate of drug-likeness (QED) is 0.746. The zero-order valence-corrected chi connectivity index (χ0v) is 12.4. The zero-order chi connectivity index (χ0) is 13.1. The van der Waals surface area contributed by atoms with Crippen LogP contribution in [-0.4, -0.2) is 49.8 Å². The second-order valence-corrected chi connectivity index (χ2v) is 6.83. The average Bonchev–Trinajstić information content (AvgIpc) is 3.06. The van der Waals surface area contributed by atoms with Gasteiger partial charge in [-0.3, -0.25) is 0 Å². The Morgan fingerprint density at radius 1 is 1.05 bits per heavy atom. The average molecular weight is 266 g/mol. The highest BCUT2D eigenvalue weighted by Crippen LogP contribution is 2.38. The second kappa shape index (κ2) is 6.55. The van der Waals surface area contributed by atoms with E-state index in [1.807, 2.05) is 0 Å². The topological polar surface area (TPSA) is 24.5 Å². The largest absolute Gasteiger partial charge is 0.372 e. The number of likely N-dealkylation sites (tertiary alicyclic amines) is 1. The van der Waals surface area contributed by atoms with Crippen LogP contribution in [0.25, 0.3) is 0 Å². The van der Waals surface area contributed by atoms with Crippen LogP contribution < -0.4 is 5.32 Å². The number of rotatable bonds is 6. The van der Waals surface area contributed by atoms with Gasteiger partial charge in [-0.2, -0.15) is 0 Å². The molecule has 3 fully saturated rings. The summed E-state index contributed by atoms with van der Waals surface area (Å²) in [6.45, 7) is 8.29. The first kappa shape index (κ1) is 13.8. The molecule has 1 aliphatic carbocycles. The number of hydrogen-bond acceptors (Lipinski definition) is 3. The van der Waals surface area contributed by atoms with E-state index in [4.69, 9.17) is 4.74 Å². The predicted molar refractivity (Wildman–Crippen MR) is 78.3 cm³/mol. The van der Waals surface area contributed by atoms with Gasteiger partial charge in [-0.05, 0) is 50.5 Å². The van der Waals surface area contributed by atoms with Crippen molar-refractivity contribution < 1.29 is 4.74 Å². The summed E-state index contributed by atoms with van der Waals surface area (Å²) in [5.74, 6) is 2.03. The lowest BCUT2D eigenvalue weighted by Crippen LogP contribution is -2.33. The SMILES string of the molecule is CCCNCC1CCC(CN2CC3CCCC3C2)O1. The van der Waals surface area contributed by atoms with E-state index in [-0.39, 0.29) is 0 Å². The molecule has 4 unspecified atom stereocenters. The Bertz CT molecular complexity index is 272. The third kappa shape index (κ3) is 3.50. The molecular weight excluding hydrogens is 236 g/mol. The van der Waals surface area contributed by atoms with E-state index in [0.717, 1.165) is 24.9 Å². The van der Waals surface area contributed by atoms with Gasteiger partial charge in [-0.25, -0.2) is 0 Å². The molecule has 0 radical (unpaired) electrons. The van der Waals surface area contributed by atoms with Gasteiger partial charge in [0.25, 0.3) is 0 Å². The van der Waals surface area contributed by atoms with Gasteiger partial charge in [0.15, 0.2) is 0 Å². The minimum Gasteiger partial charge on any atom is -0.372 e. The van der Waals surface area contributed by atoms with Crippen LogP contribution in [0.3, 0.4) is 0 Å². The molecule has 0 bridgehead atoms. The van der Waals surface area contributed by atoms with Gasteiger partial charge in [0.05, 0.1) is 12.2 Å². The standard InChI is InChI=1S/C16H30N2O/c1-2-8-17-9-15-6-7-16(19-15)12-18-10-13-4-3-5-14(13)11-18/h13-17H,2-12H2,1H3. The Hall–Kier alpha value is -0.120. The molecule has 2 heterocycles. The third-order valence-electron chi connectivity index (χ3n) is 5.26. The fraction of sp³-hybridized carbons (Fsp3) is 1.00. The van der Waals surface area contributed by atoms with Crippen LogP contribution in [0.1, 0.15) is 45.4 Å². The van der Waals surface area contributed by atoms with Crippen LogP contribution in [0, 0.1) is 11.8 Å². The lowest BCUT2D eigenvalue weighted by Gasteiger charge is -2.21. The van der Waals surface area contributed by atoms with Crippen LogP contribution >= 0.6 is 0 Å². The summed E-state index contributed by atoms with van der Waals surface area (Å²) in [6, 6.07) is 0. The third-order valence-corrected chi connectivity index (χ3v) is 5.26. The van der Waals surface area contributed by atoms with Crippen molar-refractivity contribution in [1.29, 1.82) is 0 Å². The zero-order valence-electron chi connectivity index (χ0n) is 12.4. The highest BCUT2D eigenvalue weighted by Gasteiger charge is 2.37. The van der Waals surface area contributed by atoms with Gasteiger partial charge in [-0.1, -0.05) is 13.3 Å². The number of fused-ring (bicyclic) bond motifs is 1. The van der Waals surface area contributed by atoms with Gasteiger partial charge in [0.2, 0.25) is 0 Å². The maximum atomic E-state index is 6.19. The van der Waals surface area contributed by atoms with Crippen molar-refractivity contribution >= 4 is 0 Å². The van der Waals surface area contributed by atoms with Gasteiger partial charge in [0.1, 0.15) is 0 Å². The molecule has 2 aliphatic heterocycles. The molecule has 3 nitrogen and oxygen atoms in total. The molecule has 3 heteroatoms. The molecule has 19 heavy (non-hydrogen) atoms. The molecule has 1 saturated carbocycles.